The van der Waals surface area contributed by atoms with E-state index < -0.39 is 15.4 Å². The van der Waals surface area contributed by atoms with Crippen molar-refractivity contribution in [1.82, 2.24) is 4.31 Å². The number of amides is 1. The second kappa shape index (κ2) is 9.01. The van der Waals surface area contributed by atoms with Crippen LogP contribution in [0.15, 0.2) is 53.4 Å². The van der Waals surface area contributed by atoms with Gasteiger partial charge in [-0.15, -0.1) is 0 Å². The zero-order chi connectivity index (χ0) is 21.9. The highest BCUT2D eigenvalue weighted by atomic mass is 32.2. The lowest BCUT2D eigenvalue weighted by molar-refractivity contribution is -0.121. The Balaban J connectivity index is 1.66. The SMILES string of the molecule is CCOc1ccc(NC(=O)C2(c3ccccc3)CCCC2)cc1S(=O)(=O)N1CCCC1. The van der Waals surface area contributed by atoms with Crippen molar-refractivity contribution in [2.45, 2.75) is 55.8 Å². The Morgan fingerprint density at radius 3 is 2.35 bits per heavy atom. The van der Waals surface area contributed by atoms with Crippen LogP contribution in [0.4, 0.5) is 5.69 Å². The molecule has 1 aliphatic heterocycles. The number of hydrogen-bond donors (Lipinski definition) is 1. The molecule has 2 fully saturated rings. The topological polar surface area (TPSA) is 75.7 Å². The molecule has 0 unspecified atom stereocenters. The highest BCUT2D eigenvalue weighted by Crippen LogP contribution is 2.42. The molecule has 1 heterocycles. The first kappa shape index (κ1) is 21.8. The first-order valence-electron chi connectivity index (χ1n) is 11.1. The summed E-state index contributed by atoms with van der Waals surface area (Å²) < 4.78 is 33.6. The van der Waals surface area contributed by atoms with Crippen LogP contribution in [0.5, 0.6) is 5.75 Å². The number of nitrogens with one attached hydrogen (secondary N) is 1. The monoisotopic (exact) mass is 442 g/mol. The molecule has 1 aliphatic carbocycles. The number of rotatable bonds is 7. The van der Waals surface area contributed by atoms with Gasteiger partial charge in [0, 0.05) is 18.8 Å². The average Bonchev–Trinajstić information content (AvgIpc) is 3.49. The maximum absolute atomic E-state index is 13.5. The van der Waals surface area contributed by atoms with Gasteiger partial charge in [-0.2, -0.15) is 4.31 Å². The molecule has 2 aliphatic rings. The van der Waals surface area contributed by atoms with E-state index in [0.717, 1.165) is 44.1 Å². The fourth-order valence-electron chi connectivity index (χ4n) is 4.76. The van der Waals surface area contributed by atoms with E-state index in [-0.39, 0.29) is 10.8 Å². The molecule has 0 spiro atoms. The molecule has 1 N–H and O–H groups in total. The zero-order valence-electron chi connectivity index (χ0n) is 18.0. The van der Waals surface area contributed by atoms with Crippen LogP contribution < -0.4 is 10.1 Å². The van der Waals surface area contributed by atoms with E-state index in [1.807, 2.05) is 37.3 Å². The molecule has 2 aromatic rings. The van der Waals surface area contributed by atoms with Crippen molar-refractivity contribution < 1.29 is 17.9 Å². The maximum Gasteiger partial charge on any atom is 0.246 e. The zero-order valence-corrected chi connectivity index (χ0v) is 18.8. The summed E-state index contributed by atoms with van der Waals surface area (Å²) in [6.45, 7) is 3.22. The van der Waals surface area contributed by atoms with Gasteiger partial charge in [-0.25, -0.2) is 8.42 Å². The molecule has 31 heavy (non-hydrogen) atoms. The van der Waals surface area contributed by atoms with Crippen LogP contribution in [-0.2, 0) is 20.2 Å². The number of benzene rings is 2. The molecule has 166 valence electrons. The van der Waals surface area contributed by atoms with E-state index in [9.17, 15) is 13.2 Å². The highest BCUT2D eigenvalue weighted by molar-refractivity contribution is 7.89. The lowest BCUT2D eigenvalue weighted by atomic mass is 9.78. The minimum Gasteiger partial charge on any atom is -0.492 e. The van der Waals surface area contributed by atoms with Crippen molar-refractivity contribution in [2.75, 3.05) is 25.0 Å². The second-order valence-electron chi connectivity index (χ2n) is 8.32. The molecule has 0 atom stereocenters. The number of carbonyl (C=O) groups excluding carboxylic acids is 1. The van der Waals surface area contributed by atoms with Crippen molar-refractivity contribution in [2.24, 2.45) is 0 Å². The number of hydrogen-bond acceptors (Lipinski definition) is 4. The Bertz CT molecular complexity index is 1020. The standard InChI is InChI=1S/C24H30N2O4S/c1-2-30-21-13-12-20(18-22(21)31(28,29)26-16-8-9-17-26)25-23(27)24(14-6-7-15-24)19-10-4-3-5-11-19/h3-5,10-13,18H,2,6-9,14-17H2,1H3,(H,25,27). The first-order valence-corrected chi connectivity index (χ1v) is 12.6. The van der Waals surface area contributed by atoms with Crippen LogP contribution in [0, 0.1) is 0 Å². The summed E-state index contributed by atoms with van der Waals surface area (Å²) in [5.41, 5.74) is 0.919. The Kier molecular flexibility index (Phi) is 6.34. The summed E-state index contributed by atoms with van der Waals surface area (Å²) in [5.74, 6) is 0.246. The van der Waals surface area contributed by atoms with Crippen molar-refractivity contribution in [1.29, 1.82) is 0 Å². The highest BCUT2D eigenvalue weighted by Gasteiger charge is 2.42. The third kappa shape index (κ3) is 4.21. The van der Waals surface area contributed by atoms with Gasteiger partial charge < -0.3 is 10.1 Å². The smallest absolute Gasteiger partial charge is 0.246 e. The van der Waals surface area contributed by atoms with Crippen molar-refractivity contribution >= 4 is 21.6 Å². The number of carbonyl (C=O) groups is 1. The van der Waals surface area contributed by atoms with Gasteiger partial charge in [-0.3, -0.25) is 4.79 Å². The minimum absolute atomic E-state index is 0.0788. The predicted octanol–water partition coefficient (Wildman–Crippen LogP) is 4.32. The number of sulfonamides is 1. The normalized spacial score (nSPS) is 18.7. The van der Waals surface area contributed by atoms with E-state index in [2.05, 4.69) is 5.32 Å². The molecular weight excluding hydrogens is 412 g/mol. The molecule has 2 aromatic carbocycles. The molecule has 1 amide bonds. The third-order valence-corrected chi connectivity index (χ3v) is 8.32. The summed E-state index contributed by atoms with van der Waals surface area (Å²) in [7, 11) is -3.68. The van der Waals surface area contributed by atoms with Gasteiger partial charge in [0.15, 0.2) is 0 Å². The molecule has 0 bridgehead atoms. The van der Waals surface area contributed by atoms with E-state index in [1.54, 1.807) is 18.2 Å². The van der Waals surface area contributed by atoms with Crippen LogP contribution >= 0.6 is 0 Å². The molecular formula is C24H30N2O4S. The Labute approximate surface area is 184 Å². The maximum atomic E-state index is 13.5. The Morgan fingerprint density at radius 1 is 1.03 bits per heavy atom. The lowest BCUT2D eigenvalue weighted by Gasteiger charge is -2.28. The molecule has 6 nitrogen and oxygen atoms in total. The number of nitrogens with zero attached hydrogens (tertiary/aromatic N) is 1. The molecule has 0 radical (unpaired) electrons. The molecule has 0 aromatic heterocycles. The molecule has 4 rings (SSSR count). The van der Waals surface area contributed by atoms with Gasteiger partial charge in [0.25, 0.3) is 0 Å². The largest absolute Gasteiger partial charge is 0.492 e. The average molecular weight is 443 g/mol. The lowest BCUT2D eigenvalue weighted by Crippen LogP contribution is -2.38. The second-order valence-corrected chi connectivity index (χ2v) is 10.2. The van der Waals surface area contributed by atoms with Gasteiger partial charge in [0.05, 0.1) is 12.0 Å². The van der Waals surface area contributed by atoms with Gasteiger partial charge >= 0.3 is 0 Å². The third-order valence-electron chi connectivity index (χ3n) is 6.40. The summed E-state index contributed by atoms with van der Waals surface area (Å²) >= 11 is 0. The van der Waals surface area contributed by atoms with E-state index in [0.29, 0.717) is 31.1 Å². The predicted molar refractivity (Wildman–Crippen MR) is 121 cm³/mol. The van der Waals surface area contributed by atoms with Crippen molar-refractivity contribution in [3.63, 3.8) is 0 Å². The van der Waals surface area contributed by atoms with Crippen LogP contribution in [0.3, 0.4) is 0 Å². The van der Waals surface area contributed by atoms with Gasteiger partial charge in [-0.05, 0) is 56.4 Å². The van der Waals surface area contributed by atoms with Crippen LogP contribution in [0.25, 0.3) is 0 Å². The molecule has 1 saturated carbocycles. The summed E-state index contributed by atoms with van der Waals surface area (Å²) in [6.07, 6.45) is 5.30. The Morgan fingerprint density at radius 2 is 1.71 bits per heavy atom. The molecule has 1 saturated heterocycles. The summed E-state index contributed by atoms with van der Waals surface area (Å²) in [5, 5.41) is 3.02. The van der Waals surface area contributed by atoms with E-state index >= 15 is 0 Å². The first-order chi connectivity index (χ1) is 15.0. The van der Waals surface area contributed by atoms with Crippen molar-refractivity contribution in [3.8, 4) is 5.75 Å². The summed E-state index contributed by atoms with van der Waals surface area (Å²) in [6, 6.07) is 14.8. The number of ether oxygens (including phenoxy) is 1. The van der Waals surface area contributed by atoms with Gasteiger partial charge in [-0.1, -0.05) is 43.2 Å². The van der Waals surface area contributed by atoms with E-state index in [4.69, 9.17) is 4.74 Å². The van der Waals surface area contributed by atoms with Crippen molar-refractivity contribution in [3.05, 3.63) is 54.1 Å². The van der Waals surface area contributed by atoms with Crippen LogP contribution in [-0.4, -0.2) is 38.3 Å². The quantitative estimate of drug-likeness (QED) is 0.693. The fraction of sp³-hybridized carbons (Fsp3) is 0.458. The van der Waals surface area contributed by atoms with Gasteiger partial charge in [0.2, 0.25) is 15.9 Å². The van der Waals surface area contributed by atoms with Crippen LogP contribution in [0.1, 0.15) is 51.0 Å². The fourth-order valence-corrected chi connectivity index (χ4v) is 6.44. The number of anilines is 1. The molecule has 7 heteroatoms. The van der Waals surface area contributed by atoms with Gasteiger partial charge in [0.1, 0.15) is 10.6 Å². The minimum atomic E-state index is -3.68. The van der Waals surface area contributed by atoms with E-state index in [1.165, 1.54) is 4.31 Å². The summed E-state index contributed by atoms with van der Waals surface area (Å²) in [4.78, 5) is 13.6. The van der Waals surface area contributed by atoms with Crippen LogP contribution in [0.2, 0.25) is 0 Å². The Hall–Kier alpha value is -2.38.